The summed E-state index contributed by atoms with van der Waals surface area (Å²) in [5, 5.41) is 0. The minimum Gasteiger partial charge on any atom is -0.497 e. The van der Waals surface area contributed by atoms with Gasteiger partial charge in [-0.15, -0.1) is 0 Å². The molecule has 0 aliphatic carbocycles. The molecule has 1 heterocycles. The fourth-order valence-corrected chi connectivity index (χ4v) is 3.17. The second kappa shape index (κ2) is 8.58. The van der Waals surface area contributed by atoms with E-state index in [-0.39, 0.29) is 11.9 Å². The Hall–Kier alpha value is -3.02. The predicted molar refractivity (Wildman–Crippen MR) is 103 cm³/mol. The lowest BCUT2D eigenvalue weighted by molar-refractivity contribution is -0.130. The summed E-state index contributed by atoms with van der Waals surface area (Å²) in [6.07, 6.45) is 0.401. The molecule has 1 amide bonds. The van der Waals surface area contributed by atoms with Crippen LogP contribution in [0.5, 0.6) is 5.75 Å². The maximum Gasteiger partial charge on any atom is 0.337 e. The van der Waals surface area contributed by atoms with Gasteiger partial charge in [-0.1, -0.05) is 12.1 Å². The highest BCUT2D eigenvalue weighted by molar-refractivity contribution is 5.89. The van der Waals surface area contributed by atoms with Gasteiger partial charge in [0, 0.05) is 31.9 Å². The topological polar surface area (TPSA) is 59.1 Å². The average molecular weight is 368 g/mol. The molecule has 6 nitrogen and oxygen atoms in total. The Morgan fingerprint density at radius 2 is 1.52 bits per heavy atom. The summed E-state index contributed by atoms with van der Waals surface area (Å²) in [5.41, 5.74) is 2.57. The van der Waals surface area contributed by atoms with Crippen LogP contribution >= 0.6 is 0 Å². The van der Waals surface area contributed by atoms with E-state index in [0.29, 0.717) is 25.1 Å². The van der Waals surface area contributed by atoms with Gasteiger partial charge in [-0.25, -0.2) is 4.79 Å². The quantitative estimate of drug-likeness (QED) is 0.759. The first-order valence-corrected chi connectivity index (χ1v) is 8.94. The Bertz CT molecular complexity index is 779. The van der Waals surface area contributed by atoms with Crippen molar-refractivity contribution in [3.8, 4) is 5.75 Å². The number of rotatable bonds is 5. The van der Waals surface area contributed by atoms with Crippen molar-refractivity contribution in [3.05, 3.63) is 59.7 Å². The van der Waals surface area contributed by atoms with Crippen LogP contribution in [0.25, 0.3) is 0 Å². The van der Waals surface area contributed by atoms with E-state index in [4.69, 9.17) is 9.47 Å². The van der Waals surface area contributed by atoms with Gasteiger partial charge in [0.05, 0.1) is 26.2 Å². The minimum absolute atomic E-state index is 0.140. The Kier molecular flexibility index (Phi) is 5.96. The van der Waals surface area contributed by atoms with E-state index < -0.39 is 0 Å². The van der Waals surface area contributed by atoms with Crippen molar-refractivity contribution in [3.63, 3.8) is 0 Å². The number of anilines is 1. The first-order chi connectivity index (χ1) is 13.1. The second-order valence-electron chi connectivity index (χ2n) is 6.43. The van der Waals surface area contributed by atoms with Gasteiger partial charge in [0.1, 0.15) is 5.75 Å². The van der Waals surface area contributed by atoms with Crippen LogP contribution in [0.3, 0.4) is 0 Å². The van der Waals surface area contributed by atoms with E-state index in [1.54, 1.807) is 19.2 Å². The zero-order valence-corrected chi connectivity index (χ0v) is 15.7. The van der Waals surface area contributed by atoms with Crippen LogP contribution in [0.2, 0.25) is 0 Å². The number of esters is 1. The number of carbonyl (C=O) groups is 2. The number of nitrogens with zero attached hydrogens (tertiary/aromatic N) is 2. The van der Waals surface area contributed by atoms with Crippen molar-refractivity contribution < 1.29 is 19.1 Å². The molecular weight excluding hydrogens is 344 g/mol. The molecule has 3 rings (SSSR count). The number of benzene rings is 2. The van der Waals surface area contributed by atoms with Crippen LogP contribution in [0.1, 0.15) is 15.9 Å². The van der Waals surface area contributed by atoms with Crippen LogP contribution in [0.4, 0.5) is 5.69 Å². The number of hydrogen-bond donors (Lipinski definition) is 0. The molecule has 0 unspecified atom stereocenters. The summed E-state index contributed by atoms with van der Waals surface area (Å²) in [6.45, 7) is 2.92. The Morgan fingerprint density at radius 1 is 0.889 bits per heavy atom. The zero-order valence-electron chi connectivity index (χ0n) is 15.7. The summed E-state index contributed by atoms with van der Waals surface area (Å²) in [4.78, 5) is 28.2. The van der Waals surface area contributed by atoms with Gasteiger partial charge in [-0.3, -0.25) is 4.79 Å². The maximum absolute atomic E-state index is 12.5. The Morgan fingerprint density at radius 3 is 2.07 bits per heavy atom. The van der Waals surface area contributed by atoms with E-state index in [0.717, 1.165) is 30.1 Å². The van der Waals surface area contributed by atoms with Crippen molar-refractivity contribution >= 4 is 17.6 Å². The molecule has 0 bridgehead atoms. The molecule has 0 radical (unpaired) electrons. The van der Waals surface area contributed by atoms with Gasteiger partial charge in [-0.2, -0.15) is 0 Å². The maximum atomic E-state index is 12.5. The summed E-state index contributed by atoms with van der Waals surface area (Å²) in [7, 11) is 3.00. The normalized spacial score (nSPS) is 14.0. The SMILES string of the molecule is COC(=O)c1ccc(N2CCN(C(=O)Cc3ccc(OC)cc3)CC2)cc1. The lowest BCUT2D eigenvalue weighted by atomic mass is 10.1. The van der Waals surface area contributed by atoms with Crippen LogP contribution in [-0.4, -0.2) is 57.2 Å². The third kappa shape index (κ3) is 4.58. The van der Waals surface area contributed by atoms with Gasteiger partial charge in [0.15, 0.2) is 0 Å². The minimum atomic E-state index is -0.338. The van der Waals surface area contributed by atoms with Crippen LogP contribution in [-0.2, 0) is 16.0 Å². The van der Waals surface area contributed by atoms with Gasteiger partial charge in [-0.05, 0) is 42.0 Å². The molecule has 1 saturated heterocycles. The Balaban J connectivity index is 1.53. The summed E-state index contributed by atoms with van der Waals surface area (Å²) >= 11 is 0. The number of piperazine rings is 1. The third-order valence-corrected chi connectivity index (χ3v) is 4.80. The molecule has 0 atom stereocenters. The lowest BCUT2D eigenvalue weighted by Crippen LogP contribution is -2.49. The van der Waals surface area contributed by atoms with Gasteiger partial charge < -0.3 is 19.3 Å². The van der Waals surface area contributed by atoms with E-state index in [1.807, 2.05) is 41.3 Å². The molecular formula is C21H24N2O4. The van der Waals surface area contributed by atoms with E-state index in [1.165, 1.54) is 7.11 Å². The molecule has 0 aromatic heterocycles. The highest BCUT2D eigenvalue weighted by Gasteiger charge is 2.21. The van der Waals surface area contributed by atoms with E-state index >= 15 is 0 Å². The highest BCUT2D eigenvalue weighted by atomic mass is 16.5. The smallest absolute Gasteiger partial charge is 0.337 e. The second-order valence-corrected chi connectivity index (χ2v) is 6.43. The van der Waals surface area contributed by atoms with Gasteiger partial charge in [0.2, 0.25) is 5.91 Å². The van der Waals surface area contributed by atoms with Crippen LogP contribution in [0, 0.1) is 0 Å². The van der Waals surface area contributed by atoms with Crippen molar-refractivity contribution in [1.82, 2.24) is 4.90 Å². The molecule has 1 aliphatic rings. The third-order valence-electron chi connectivity index (χ3n) is 4.80. The first kappa shape index (κ1) is 18.8. The van der Waals surface area contributed by atoms with Gasteiger partial charge in [0.25, 0.3) is 0 Å². The number of methoxy groups -OCH3 is 2. The number of amides is 1. The zero-order chi connectivity index (χ0) is 19.2. The summed E-state index contributed by atoms with van der Waals surface area (Å²) in [6, 6.07) is 15.0. The fraction of sp³-hybridized carbons (Fsp3) is 0.333. The van der Waals surface area contributed by atoms with E-state index in [9.17, 15) is 9.59 Å². The molecule has 2 aromatic rings. The fourth-order valence-electron chi connectivity index (χ4n) is 3.17. The van der Waals surface area contributed by atoms with E-state index in [2.05, 4.69) is 4.90 Å². The average Bonchev–Trinajstić information content (AvgIpc) is 2.74. The molecule has 142 valence electrons. The van der Waals surface area contributed by atoms with Crippen molar-refractivity contribution in [2.75, 3.05) is 45.3 Å². The molecule has 2 aromatic carbocycles. The largest absolute Gasteiger partial charge is 0.497 e. The molecule has 0 saturated carbocycles. The summed E-state index contributed by atoms with van der Waals surface area (Å²) in [5.74, 6) is 0.592. The number of carbonyl (C=O) groups excluding carboxylic acids is 2. The standard InChI is InChI=1S/C21H24N2O4/c1-26-19-9-3-16(4-10-19)15-20(24)23-13-11-22(12-14-23)18-7-5-17(6-8-18)21(25)27-2/h3-10H,11-15H2,1-2H3. The highest BCUT2D eigenvalue weighted by Crippen LogP contribution is 2.19. The molecule has 0 N–H and O–H groups in total. The van der Waals surface area contributed by atoms with Crippen molar-refractivity contribution in [2.45, 2.75) is 6.42 Å². The Labute approximate surface area is 159 Å². The predicted octanol–water partition coefficient (Wildman–Crippen LogP) is 2.37. The molecule has 27 heavy (non-hydrogen) atoms. The van der Waals surface area contributed by atoms with Gasteiger partial charge >= 0.3 is 5.97 Å². The molecule has 1 fully saturated rings. The van der Waals surface area contributed by atoms with Crippen molar-refractivity contribution in [1.29, 1.82) is 0 Å². The first-order valence-electron chi connectivity index (χ1n) is 8.94. The molecule has 1 aliphatic heterocycles. The summed E-state index contributed by atoms with van der Waals surface area (Å²) < 4.78 is 9.86. The van der Waals surface area contributed by atoms with Crippen LogP contribution < -0.4 is 9.64 Å². The van der Waals surface area contributed by atoms with Crippen LogP contribution in [0.15, 0.2) is 48.5 Å². The monoisotopic (exact) mass is 368 g/mol. The van der Waals surface area contributed by atoms with Crippen molar-refractivity contribution in [2.24, 2.45) is 0 Å². The number of hydrogen-bond acceptors (Lipinski definition) is 5. The molecule has 0 spiro atoms. The molecule has 6 heteroatoms. The lowest BCUT2D eigenvalue weighted by Gasteiger charge is -2.36. The number of ether oxygens (including phenoxy) is 2.